The van der Waals surface area contributed by atoms with Crippen molar-refractivity contribution in [1.29, 1.82) is 0 Å². The van der Waals surface area contributed by atoms with E-state index in [1.165, 1.54) is 37.8 Å². The maximum Gasteiger partial charge on any atom is 0.416 e. The van der Waals surface area contributed by atoms with Crippen molar-refractivity contribution in [3.63, 3.8) is 0 Å². The van der Waals surface area contributed by atoms with Gasteiger partial charge in [-0.2, -0.15) is 13.2 Å². The second kappa shape index (κ2) is 8.34. The van der Waals surface area contributed by atoms with Crippen LogP contribution in [0, 0.1) is 0 Å². The molecule has 2 rings (SSSR count). The Morgan fingerprint density at radius 3 is 2.22 bits per heavy atom. The lowest BCUT2D eigenvalue weighted by molar-refractivity contribution is -0.137. The number of likely N-dealkylation sites (tertiary alicyclic amines) is 1. The first-order valence-electron chi connectivity index (χ1n) is 8.14. The molecule has 0 radical (unpaired) electrons. The average Bonchev–Trinajstić information content (AvgIpc) is 2.79. The number of alkyl halides is 3. The number of carbonyl (C=O) groups excluding carboxylic acids is 1. The number of carbonyl (C=O) groups is 1. The van der Waals surface area contributed by atoms with Crippen molar-refractivity contribution >= 4 is 5.91 Å². The summed E-state index contributed by atoms with van der Waals surface area (Å²) in [6, 6.07) is 4.30. The largest absolute Gasteiger partial charge is 0.416 e. The minimum atomic E-state index is -4.37. The Morgan fingerprint density at radius 1 is 1.04 bits per heavy atom. The van der Waals surface area contributed by atoms with E-state index in [0.29, 0.717) is 6.54 Å². The molecule has 0 aromatic heterocycles. The van der Waals surface area contributed by atoms with Gasteiger partial charge in [-0.1, -0.05) is 12.8 Å². The lowest BCUT2D eigenvalue weighted by Crippen LogP contribution is -2.30. The summed E-state index contributed by atoms with van der Waals surface area (Å²) < 4.78 is 37.4. The molecule has 1 fully saturated rings. The van der Waals surface area contributed by atoms with Crippen LogP contribution in [0.4, 0.5) is 13.2 Å². The summed E-state index contributed by atoms with van der Waals surface area (Å²) in [7, 11) is 0. The zero-order chi connectivity index (χ0) is 16.7. The molecule has 1 heterocycles. The molecule has 3 nitrogen and oxygen atoms in total. The van der Waals surface area contributed by atoms with Crippen LogP contribution in [0.15, 0.2) is 24.3 Å². The smallest absolute Gasteiger partial charge is 0.352 e. The molecule has 1 aromatic rings. The van der Waals surface area contributed by atoms with Crippen LogP contribution in [0.1, 0.15) is 48.0 Å². The van der Waals surface area contributed by atoms with Gasteiger partial charge in [0.25, 0.3) is 5.91 Å². The van der Waals surface area contributed by atoms with Crippen molar-refractivity contribution in [2.75, 3.05) is 26.2 Å². The van der Waals surface area contributed by atoms with E-state index in [1.807, 2.05) is 0 Å². The second-order valence-electron chi connectivity index (χ2n) is 5.94. The monoisotopic (exact) mass is 328 g/mol. The van der Waals surface area contributed by atoms with E-state index in [9.17, 15) is 18.0 Å². The first kappa shape index (κ1) is 17.8. The third-order valence-electron chi connectivity index (χ3n) is 4.11. The van der Waals surface area contributed by atoms with Crippen molar-refractivity contribution in [2.45, 2.75) is 38.3 Å². The molecule has 0 saturated carbocycles. The van der Waals surface area contributed by atoms with Gasteiger partial charge in [0, 0.05) is 12.1 Å². The first-order valence-corrected chi connectivity index (χ1v) is 8.14. The Balaban J connectivity index is 1.72. The van der Waals surface area contributed by atoms with Crippen molar-refractivity contribution in [1.82, 2.24) is 10.2 Å². The number of nitrogens with one attached hydrogen (secondary N) is 1. The van der Waals surface area contributed by atoms with E-state index in [-0.39, 0.29) is 11.5 Å². The normalized spacial score (nSPS) is 16.8. The van der Waals surface area contributed by atoms with Gasteiger partial charge < -0.3 is 10.2 Å². The third kappa shape index (κ3) is 5.86. The summed E-state index contributed by atoms with van der Waals surface area (Å²) in [6.07, 6.45) is 1.53. The van der Waals surface area contributed by atoms with Crippen LogP contribution in [0.25, 0.3) is 0 Å². The number of hydrogen-bond donors (Lipinski definition) is 1. The number of hydrogen-bond acceptors (Lipinski definition) is 2. The molecule has 1 N–H and O–H groups in total. The number of rotatable bonds is 5. The molecule has 0 atom stereocenters. The summed E-state index contributed by atoms with van der Waals surface area (Å²) >= 11 is 0. The number of amides is 1. The maximum absolute atomic E-state index is 12.5. The lowest BCUT2D eigenvalue weighted by atomic mass is 10.1. The van der Waals surface area contributed by atoms with Crippen LogP contribution >= 0.6 is 0 Å². The maximum atomic E-state index is 12.5. The molecule has 0 aliphatic carbocycles. The average molecular weight is 328 g/mol. The zero-order valence-electron chi connectivity index (χ0n) is 13.2. The molecular weight excluding hydrogens is 305 g/mol. The first-order chi connectivity index (χ1) is 11.0. The molecule has 128 valence electrons. The van der Waals surface area contributed by atoms with Gasteiger partial charge in [-0.25, -0.2) is 0 Å². The molecule has 6 heteroatoms. The van der Waals surface area contributed by atoms with E-state index in [4.69, 9.17) is 0 Å². The Hall–Kier alpha value is -1.56. The second-order valence-corrected chi connectivity index (χ2v) is 5.94. The van der Waals surface area contributed by atoms with Gasteiger partial charge in [0.2, 0.25) is 0 Å². The van der Waals surface area contributed by atoms with E-state index >= 15 is 0 Å². The summed E-state index contributed by atoms with van der Waals surface area (Å²) in [4.78, 5) is 14.3. The van der Waals surface area contributed by atoms with Gasteiger partial charge in [0.05, 0.1) is 5.56 Å². The highest BCUT2D eigenvalue weighted by Gasteiger charge is 2.30. The van der Waals surface area contributed by atoms with Crippen LogP contribution in [-0.4, -0.2) is 37.0 Å². The van der Waals surface area contributed by atoms with E-state index in [2.05, 4.69) is 10.2 Å². The third-order valence-corrected chi connectivity index (χ3v) is 4.11. The van der Waals surface area contributed by atoms with Crippen molar-refractivity contribution in [2.24, 2.45) is 0 Å². The fourth-order valence-corrected chi connectivity index (χ4v) is 2.78. The van der Waals surface area contributed by atoms with E-state index in [0.717, 1.165) is 38.2 Å². The van der Waals surface area contributed by atoms with Crippen LogP contribution < -0.4 is 5.32 Å². The summed E-state index contributed by atoms with van der Waals surface area (Å²) in [5, 5.41) is 2.77. The number of benzene rings is 1. The molecule has 1 aliphatic heterocycles. The van der Waals surface area contributed by atoms with Crippen LogP contribution in [0.2, 0.25) is 0 Å². The Morgan fingerprint density at radius 2 is 1.65 bits per heavy atom. The van der Waals surface area contributed by atoms with Crippen molar-refractivity contribution < 1.29 is 18.0 Å². The van der Waals surface area contributed by atoms with Gasteiger partial charge >= 0.3 is 6.18 Å². The molecule has 1 aliphatic rings. The quantitative estimate of drug-likeness (QED) is 0.836. The SMILES string of the molecule is O=C(NCCCN1CCCCCC1)c1ccc(C(F)(F)F)cc1. The molecule has 1 saturated heterocycles. The predicted molar refractivity (Wildman–Crippen MR) is 83.3 cm³/mol. The molecule has 0 bridgehead atoms. The van der Waals surface area contributed by atoms with Crippen LogP contribution in [-0.2, 0) is 6.18 Å². The Bertz CT molecular complexity index is 492. The van der Waals surface area contributed by atoms with Gasteiger partial charge in [-0.15, -0.1) is 0 Å². The number of nitrogens with zero attached hydrogens (tertiary/aromatic N) is 1. The van der Waals surface area contributed by atoms with Crippen molar-refractivity contribution in [3.05, 3.63) is 35.4 Å². The fraction of sp³-hybridized carbons (Fsp3) is 0.588. The van der Waals surface area contributed by atoms with Crippen LogP contribution in [0.5, 0.6) is 0 Å². The summed E-state index contributed by atoms with van der Waals surface area (Å²) in [5.74, 6) is -0.324. The molecule has 23 heavy (non-hydrogen) atoms. The zero-order valence-corrected chi connectivity index (χ0v) is 13.2. The van der Waals surface area contributed by atoms with E-state index in [1.54, 1.807) is 0 Å². The highest BCUT2D eigenvalue weighted by atomic mass is 19.4. The van der Waals surface area contributed by atoms with Gasteiger partial charge in [-0.05, 0) is 63.2 Å². The molecule has 1 amide bonds. The molecule has 1 aromatic carbocycles. The molecular formula is C17H23F3N2O. The highest BCUT2D eigenvalue weighted by Crippen LogP contribution is 2.29. The summed E-state index contributed by atoms with van der Waals surface area (Å²) in [5.41, 5.74) is -0.483. The topological polar surface area (TPSA) is 32.3 Å². The highest BCUT2D eigenvalue weighted by molar-refractivity contribution is 5.94. The standard InChI is InChI=1S/C17H23F3N2O/c18-17(19,20)15-8-6-14(7-9-15)16(23)21-10-5-13-22-11-3-1-2-4-12-22/h6-9H,1-5,10-13H2,(H,21,23). The van der Waals surface area contributed by atoms with Gasteiger partial charge in [-0.3, -0.25) is 4.79 Å². The lowest BCUT2D eigenvalue weighted by Gasteiger charge is -2.19. The molecule has 0 spiro atoms. The fourth-order valence-electron chi connectivity index (χ4n) is 2.78. The summed E-state index contributed by atoms with van der Waals surface area (Å²) in [6.45, 7) is 3.73. The number of halogens is 3. The van der Waals surface area contributed by atoms with E-state index < -0.39 is 11.7 Å². The Kier molecular flexibility index (Phi) is 6.45. The predicted octanol–water partition coefficient (Wildman–Crippen LogP) is 3.70. The van der Waals surface area contributed by atoms with Crippen LogP contribution in [0.3, 0.4) is 0 Å². The molecule has 0 unspecified atom stereocenters. The Labute approximate surface area is 134 Å². The van der Waals surface area contributed by atoms with Gasteiger partial charge in [0.1, 0.15) is 0 Å². The minimum absolute atomic E-state index is 0.257. The van der Waals surface area contributed by atoms with Crippen molar-refractivity contribution in [3.8, 4) is 0 Å². The van der Waals surface area contributed by atoms with Gasteiger partial charge in [0.15, 0.2) is 0 Å². The minimum Gasteiger partial charge on any atom is -0.352 e.